The number of carbonyl (C=O) groups excluding carboxylic acids is 1. The molecule has 0 unspecified atom stereocenters. The zero-order valence-corrected chi connectivity index (χ0v) is 13.6. The fourth-order valence-corrected chi connectivity index (χ4v) is 2.51. The maximum Gasteiger partial charge on any atom is 0.453 e. The lowest BCUT2D eigenvalue weighted by Crippen LogP contribution is -2.25. The van der Waals surface area contributed by atoms with Gasteiger partial charge in [-0.3, -0.25) is 14.9 Å². The standard InChI is InChI=1S/C12H10F4N6O3S/c1-5(26-11-20-19-10(21(11)17)12(14,15)16)9(23)18-6-2-3-7(13)8(4-6)22(24)25/h2-5H,17H2,1H3,(H,18,23)/t5-/m1/s1. The number of halogens is 4. The van der Waals surface area contributed by atoms with Gasteiger partial charge in [-0.05, 0) is 19.1 Å². The van der Waals surface area contributed by atoms with E-state index in [4.69, 9.17) is 5.84 Å². The number of thioether (sulfide) groups is 1. The van der Waals surface area contributed by atoms with Crippen molar-refractivity contribution in [3.05, 3.63) is 40.0 Å². The van der Waals surface area contributed by atoms with Crippen molar-refractivity contribution in [3.8, 4) is 0 Å². The van der Waals surface area contributed by atoms with Crippen LogP contribution < -0.4 is 11.2 Å². The normalized spacial score (nSPS) is 12.7. The number of nitro benzene ring substituents is 1. The monoisotopic (exact) mass is 394 g/mol. The topological polar surface area (TPSA) is 129 Å². The summed E-state index contributed by atoms with van der Waals surface area (Å²) in [6.45, 7) is 1.35. The third-order valence-electron chi connectivity index (χ3n) is 2.98. The molecule has 0 aliphatic carbocycles. The molecule has 140 valence electrons. The Kier molecular flexibility index (Phi) is 5.34. The van der Waals surface area contributed by atoms with Crippen LogP contribution in [0.5, 0.6) is 0 Å². The van der Waals surface area contributed by atoms with Gasteiger partial charge in [-0.1, -0.05) is 11.8 Å². The smallest absolute Gasteiger partial charge is 0.335 e. The predicted octanol–water partition coefficient (Wildman–Crippen LogP) is 2.18. The van der Waals surface area contributed by atoms with Crippen LogP contribution in [-0.2, 0) is 11.0 Å². The molecule has 0 saturated heterocycles. The number of nitrogens with two attached hydrogens (primary N) is 1. The summed E-state index contributed by atoms with van der Waals surface area (Å²) in [4.78, 5) is 21.8. The van der Waals surface area contributed by atoms with Crippen molar-refractivity contribution < 1.29 is 27.3 Å². The third kappa shape index (κ3) is 4.19. The first-order chi connectivity index (χ1) is 12.0. The quantitative estimate of drug-likeness (QED) is 0.261. The van der Waals surface area contributed by atoms with Crippen LogP contribution in [0.3, 0.4) is 0 Å². The van der Waals surface area contributed by atoms with E-state index in [1.165, 1.54) is 6.92 Å². The molecule has 0 spiro atoms. The summed E-state index contributed by atoms with van der Waals surface area (Å²) in [6, 6.07) is 2.72. The molecule has 1 aromatic carbocycles. The average molecular weight is 394 g/mol. The molecule has 14 heteroatoms. The number of nitrogens with one attached hydrogen (secondary N) is 1. The summed E-state index contributed by atoms with van der Waals surface area (Å²) >= 11 is 0.592. The van der Waals surface area contributed by atoms with Gasteiger partial charge in [0.25, 0.3) is 5.82 Å². The van der Waals surface area contributed by atoms with Crippen molar-refractivity contribution in [1.82, 2.24) is 14.9 Å². The molecule has 2 aromatic rings. The lowest BCUT2D eigenvalue weighted by molar-refractivity contribution is -0.387. The molecule has 2 rings (SSSR count). The highest BCUT2D eigenvalue weighted by Gasteiger charge is 2.38. The molecule has 0 radical (unpaired) electrons. The molecule has 3 N–H and O–H groups in total. The fraction of sp³-hybridized carbons (Fsp3) is 0.250. The maximum atomic E-state index is 13.3. The summed E-state index contributed by atoms with van der Waals surface area (Å²) in [5, 5.41) is 17.8. The molecule has 0 aliphatic heterocycles. The molecule has 1 amide bonds. The van der Waals surface area contributed by atoms with E-state index in [9.17, 15) is 32.5 Å². The van der Waals surface area contributed by atoms with Gasteiger partial charge < -0.3 is 11.2 Å². The number of nitro groups is 1. The van der Waals surface area contributed by atoms with Gasteiger partial charge in [0.05, 0.1) is 10.2 Å². The van der Waals surface area contributed by atoms with E-state index < -0.39 is 39.6 Å². The number of hydrogen-bond donors (Lipinski definition) is 2. The molecule has 0 fully saturated rings. The molecule has 1 atom stereocenters. The molecule has 9 nitrogen and oxygen atoms in total. The van der Waals surface area contributed by atoms with Gasteiger partial charge in [-0.2, -0.15) is 17.6 Å². The zero-order valence-electron chi connectivity index (χ0n) is 12.8. The summed E-state index contributed by atoms with van der Waals surface area (Å²) in [5.41, 5.74) is -0.889. The predicted molar refractivity (Wildman–Crippen MR) is 82.2 cm³/mol. The highest BCUT2D eigenvalue weighted by Crippen LogP contribution is 2.30. The highest BCUT2D eigenvalue weighted by atomic mass is 32.2. The summed E-state index contributed by atoms with van der Waals surface area (Å²) in [6.07, 6.45) is -4.81. The number of benzene rings is 1. The van der Waals surface area contributed by atoms with Crippen molar-refractivity contribution >= 4 is 29.0 Å². The summed E-state index contributed by atoms with van der Waals surface area (Å²) in [7, 11) is 0. The van der Waals surface area contributed by atoms with Gasteiger partial charge in [0.15, 0.2) is 0 Å². The first kappa shape index (κ1) is 19.4. The van der Waals surface area contributed by atoms with Gasteiger partial charge in [-0.25, -0.2) is 4.68 Å². The van der Waals surface area contributed by atoms with Crippen LogP contribution >= 0.6 is 11.8 Å². The lowest BCUT2D eigenvalue weighted by Gasteiger charge is -2.12. The van der Waals surface area contributed by atoms with Crippen LogP contribution in [0.25, 0.3) is 0 Å². The molecule has 26 heavy (non-hydrogen) atoms. The fourth-order valence-electron chi connectivity index (χ4n) is 1.74. The number of alkyl halides is 3. The number of aromatic nitrogens is 3. The first-order valence-corrected chi connectivity index (χ1v) is 7.57. The number of carbonyl (C=O) groups is 1. The second-order valence-corrected chi connectivity index (χ2v) is 6.15. The molecular weight excluding hydrogens is 384 g/mol. The minimum absolute atomic E-state index is 0.0549. The first-order valence-electron chi connectivity index (χ1n) is 6.70. The molecule has 0 aliphatic rings. The lowest BCUT2D eigenvalue weighted by atomic mass is 10.2. The van der Waals surface area contributed by atoms with Crippen molar-refractivity contribution in [2.24, 2.45) is 0 Å². The Morgan fingerprint density at radius 3 is 2.62 bits per heavy atom. The van der Waals surface area contributed by atoms with Crippen LogP contribution in [0.15, 0.2) is 23.4 Å². The Morgan fingerprint density at radius 2 is 2.08 bits per heavy atom. The van der Waals surface area contributed by atoms with E-state index >= 15 is 0 Å². The van der Waals surface area contributed by atoms with Crippen molar-refractivity contribution in [2.45, 2.75) is 23.5 Å². The van der Waals surface area contributed by atoms with Gasteiger partial charge in [0.2, 0.25) is 16.9 Å². The largest absolute Gasteiger partial charge is 0.453 e. The second-order valence-electron chi connectivity index (χ2n) is 4.85. The van der Waals surface area contributed by atoms with Crippen LogP contribution in [0, 0.1) is 15.9 Å². The molecule has 1 heterocycles. The van der Waals surface area contributed by atoms with Gasteiger partial charge in [-0.15, -0.1) is 10.2 Å². The minimum atomic E-state index is -4.81. The van der Waals surface area contributed by atoms with E-state index in [2.05, 4.69) is 15.5 Å². The van der Waals surface area contributed by atoms with Crippen LogP contribution in [-0.4, -0.2) is 31.0 Å². The van der Waals surface area contributed by atoms with Crippen LogP contribution in [0.1, 0.15) is 12.7 Å². The number of nitrogens with zero attached hydrogens (tertiary/aromatic N) is 4. The highest BCUT2D eigenvalue weighted by molar-refractivity contribution is 8.00. The maximum absolute atomic E-state index is 13.3. The van der Waals surface area contributed by atoms with E-state index in [1.54, 1.807) is 0 Å². The molecule has 0 bridgehead atoms. The SMILES string of the molecule is C[C@@H](Sc1nnc(C(F)(F)F)n1N)C(=O)Nc1ccc(F)c([N+](=O)[O-])c1. The van der Waals surface area contributed by atoms with E-state index in [1.807, 2.05) is 0 Å². The van der Waals surface area contributed by atoms with Gasteiger partial charge in [0, 0.05) is 11.8 Å². The molecule has 1 aromatic heterocycles. The number of amides is 1. The Morgan fingerprint density at radius 1 is 1.42 bits per heavy atom. The van der Waals surface area contributed by atoms with Crippen molar-refractivity contribution in [3.63, 3.8) is 0 Å². The van der Waals surface area contributed by atoms with E-state index in [0.717, 1.165) is 18.2 Å². The molecular formula is C12H10F4N6O3S. The Labute approximate surface area is 146 Å². The minimum Gasteiger partial charge on any atom is -0.335 e. The van der Waals surface area contributed by atoms with E-state index in [0.29, 0.717) is 11.8 Å². The van der Waals surface area contributed by atoms with Crippen molar-refractivity contribution in [1.29, 1.82) is 0 Å². The Bertz CT molecular complexity index is 856. The van der Waals surface area contributed by atoms with Gasteiger partial charge >= 0.3 is 11.9 Å². The Hall–Kier alpha value is -2.90. The number of hydrogen-bond acceptors (Lipinski definition) is 7. The Balaban J connectivity index is 2.10. The van der Waals surface area contributed by atoms with Crippen molar-refractivity contribution in [2.75, 3.05) is 11.2 Å². The second kappa shape index (κ2) is 7.15. The van der Waals surface area contributed by atoms with Crippen LogP contribution in [0.4, 0.5) is 28.9 Å². The third-order valence-corrected chi connectivity index (χ3v) is 4.04. The zero-order chi connectivity index (χ0) is 19.6. The molecule has 0 saturated carbocycles. The average Bonchev–Trinajstić information content (AvgIpc) is 2.89. The number of nitrogen functional groups attached to an aromatic ring is 1. The number of rotatable bonds is 5. The van der Waals surface area contributed by atoms with Crippen LogP contribution in [0.2, 0.25) is 0 Å². The summed E-state index contributed by atoms with van der Waals surface area (Å²) < 4.78 is 51.3. The van der Waals surface area contributed by atoms with Gasteiger partial charge in [0.1, 0.15) is 0 Å². The van der Waals surface area contributed by atoms with E-state index in [-0.39, 0.29) is 15.5 Å². The summed E-state index contributed by atoms with van der Waals surface area (Å²) in [5.74, 6) is 2.04. The number of anilines is 1.